The highest BCUT2D eigenvalue weighted by molar-refractivity contribution is 7.93. The largest absolute Gasteiger partial charge is 0.416 e. The number of alkyl halides is 3. The number of carbonyl (C=O) groups is 1. The van der Waals surface area contributed by atoms with E-state index in [2.05, 4.69) is 16.1 Å². The van der Waals surface area contributed by atoms with Gasteiger partial charge in [-0.15, -0.1) is 0 Å². The molecule has 0 heterocycles. The number of halogens is 3. The molecule has 1 aromatic carbocycles. The Labute approximate surface area is 154 Å². The van der Waals surface area contributed by atoms with Gasteiger partial charge in [0.25, 0.3) is 5.91 Å². The summed E-state index contributed by atoms with van der Waals surface area (Å²) < 4.78 is 65.3. The zero-order chi connectivity index (χ0) is 20.3. The van der Waals surface area contributed by atoms with Crippen molar-refractivity contribution in [2.45, 2.75) is 50.1 Å². The van der Waals surface area contributed by atoms with Gasteiger partial charge in [0.1, 0.15) is 0 Å². The monoisotopic (exact) mass is 401 g/mol. The van der Waals surface area contributed by atoms with Crippen molar-refractivity contribution in [1.82, 2.24) is 5.32 Å². The fourth-order valence-corrected chi connectivity index (χ4v) is 4.33. The van der Waals surface area contributed by atoms with E-state index in [-0.39, 0.29) is 5.56 Å². The molecule has 0 atom stereocenters. The molecule has 3 saturated carbocycles. The molecule has 2 N–H and O–H groups in total. The Morgan fingerprint density at radius 1 is 1.26 bits per heavy atom. The normalized spacial score (nSPS) is 26.6. The maximum Gasteiger partial charge on any atom is 0.416 e. The van der Waals surface area contributed by atoms with E-state index in [0.29, 0.717) is 25.3 Å². The number of nitrogens with one attached hydrogen (secondary N) is 2. The molecule has 3 aliphatic carbocycles. The zero-order valence-corrected chi connectivity index (χ0v) is 15.5. The molecule has 0 aliphatic heterocycles. The van der Waals surface area contributed by atoms with Crippen molar-refractivity contribution in [1.29, 1.82) is 5.26 Å². The van der Waals surface area contributed by atoms with Crippen LogP contribution in [-0.4, -0.2) is 25.1 Å². The number of amides is 1. The Morgan fingerprint density at radius 3 is 2.33 bits per heavy atom. The molecule has 0 unspecified atom stereocenters. The lowest BCUT2D eigenvalue weighted by molar-refractivity contribution is -0.137. The second-order valence-corrected chi connectivity index (χ2v) is 9.85. The maximum absolute atomic E-state index is 13.0. The fourth-order valence-electron chi connectivity index (χ4n) is 3.62. The number of hydrogen-bond acceptors (Lipinski definition) is 4. The van der Waals surface area contributed by atoms with Crippen LogP contribution in [0.4, 0.5) is 18.9 Å². The summed E-state index contributed by atoms with van der Waals surface area (Å²) in [5.41, 5.74) is -2.60. The Bertz CT molecular complexity index is 929. The standard InChI is InChI=1S/C17H18F3N3O3S/c1-10(2)27(25,26)23-13-5-11(17(18,19)20)3-4-12(13)14(24)22-16-6-15(7-16,8-16)9-21/h3-5,10,23H,6-8H2,1-2H3,(H,22,24). The third kappa shape index (κ3) is 3.36. The molecule has 146 valence electrons. The number of rotatable bonds is 5. The predicted octanol–water partition coefficient (Wildman–Crippen LogP) is 3.03. The van der Waals surface area contributed by atoms with Gasteiger partial charge in [-0.1, -0.05) is 0 Å². The van der Waals surface area contributed by atoms with Gasteiger partial charge in [-0.2, -0.15) is 18.4 Å². The lowest BCUT2D eigenvalue weighted by atomic mass is 9.40. The van der Waals surface area contributed by atoms with Gasteiger partial charge in [0.15, 0.2) is 0 Å². The molecule has 10 heteroatoms. The van der Waals surface area contributed by atoms with Crippen LogP contribution in [0, 0.1) is 16.7 Å². The summed E-state index contributed by atoms with van der Waals surface area (Å²) in [5.74, 6) is -0.670. The average molecular weight is 401 g/mol. The van der Waals surface area contributed by atoms with Crippen molar-refractivity contribution in [3.05, 3.63) is 29.3 Å². The summed E-state index contributed by atoms with van der Waals surface area (Å²) in [7, 11) is -3.95. The summed E-state index contributed by atoms with van der Waals surface area (Å²) in [4.78, 5) is 12.6. The second kappa shape index (κ2) is 5.86. The number of nitriles is 1. The van der Waals surface area contributed by atoms with Crippen molar-refractivity contribution >= 4 is 21.6 Å². The molecule has 6 nitrogen and oxygen atoms in total. The van der Waals surface area contributed by atoms with Crippen LogP contribution in [-0.2, 0) is 16.2 Å². The zero-order valence-electron chi connectivity index (χ0n) is 14.6. The van der Waals surface area contributed by atoms with Gasteiger partial charge in [-0.3, -0.25) is 9.52 Å². The topological polar surface area (TPSA) is 99.1 Å². The van der Waals surface area contributed by atoms with Crippen LogP contribution in [0.5, 0.6) is 0 Å². The van der Waals surface area contributed by atoms with Crippen molar-refractivity contribution < 1.29 is 26.4 Å². The summed E-state index contributed by atoms with van der Waals surface area (Å²) in [6.07, 6.45) is -3.19. The lowest BCUT2D eigenvalue weighted by Crippen LogP contribution is -2.74. The third-order valence-corrected chi connectivity index (χ3v) is 6.86. The molecular formula is C17H18F3N3O3S. The summed E-state index contributed by atoms with van der Waals surface area (Å²) in [6.45, 7) is 2.75. The smallest absolute Gasteiger partial charge is 0.346 e. The van der Waals surface area contributed by atoms with Gasteiger partial charge in [0.2, 0.25) is 10.0 Å². The molecule has 0 aromatic heterocycles. The summed E-state index contributed by atoms with van der Waals surface area (Å²) in [6, 6.07) is 4.51. The molecule has 0 spiro atoms. The Morgan fingerprint density at radius 2 is 1.85 bits per heavy atom. The molecule has 3 fully saturated rings. The van der Waals surface area contributed by atoms with Gasteiger partial charge in [0, 0.05) is 5.54 Å². The Balaban J connectivity index is 1.90. The molecule has 3 aliphatic rings. The fraction of sp³-hybridized carbons (Fsp3) is 0.529. The highest BCUT2D eigenvalue weighted by atomic mass is 32.2. The minimum absolute atomic E-state index is 0.192. The van der Waals surface area contributed by atoms with Gasteiger partial charge in [-0.05, 0) is 51.3 Å². The van der Waals surface area contributed by atoms with Gasteiger partial charge in [-0.25, -0.2) is 8.42 Å². The molecule has 0 radical (unpaired) electrons. The number of benzene rings is 1. The first-order valence-electron chi connectivity index (χ1n) is 8.28. The van der Waals surface area contributed by atoms with Crippen molar-refractivity contribution in [2.24, 2.45) is 5.41 Å². The van der Waals surface area contributed by atoms with Crippen LogP contribution in [0.15, 0.2) is 18.2 Å². The van der Waals surface area contributed by atoms with E-state index < -0.39 is 49.6 Å². The average Bonchev–Trinajstić information content (AvgIpc) is 2.47. The van der Waals surface area contributed by atoms with E-state index in [1.165, 1.54) is 13.8 Å². The molecule has 4 rings (SSSR count). The molecule has 0 saturated heterocycles. The minimum Gasteiger partial charge on any atom is -0.346 e. The summed E-state index contributed by atoms with van der Waals surface area (Å²) in [5, 5.41) is 10.9. The van der Waals surface area contributed by atoms with E-state index in [9.17, 15) is 26.4 Å². The number of sulfonamides is 1. The number of hydrogen-bond donors (Lipinski definition) is 2. The van der Waals surface area contributed by atoms with E-state index >= 15 is 0 Å². The first-order chi connectivity index (χ1) is 12.3. The first kappa shape index (κ1) is 19.5. The van der Waals surface area contributed by atoms with Crippen LogP contribution in [0.25, 0.3) is 0 Å². The Kier molecular flexibility index (Phi) is 4.23. The van der Waals surface area contributed by atoms with Crippen LogP contribution < -0.4 is 10.0 Å². The van der Waals surface area contributed by atoms with E-state index in [1.807, 2.05) is 0 Å². The SMILES string of the molecule is CC(C)S(=O)(=O)Nc1cc(C(F)(F)F)ccc1C(=O)NC12CC(C#N)(C1)C2. The molecular weight excluding hydrogens is 383 g/mol. The van der Waals surface area contributed by atoms with Crippen LogP contribution in [0.1, 0.15) is 49.0 Å². The third-order valence-electron chi connectivity index (χ3n) is 5.11. The van der Waals surface area contributed by atoms with Crippen molar-refractivity contribution in [2.75, 3.05) is 4.72 Å². The van der Waals surface area contributed by atoms with Gasteiger partial charge in [0.05, 0.1) is 33.5 Å². The van der Waals surface area contributed by atoms with E-state index in [0.717, 1.165) is 12.1 Å². The summed E-state index contributed by atoms with van der Waals surface area (Å²) >= 11 is 0. The molecule has 2 bridgehead atoms. The number of carbonyl (C=O) groups excluding carboxylic acids is 1. The quantitative estimate of drug-likeness (QED) is 0.792. The van der Waals surface area contributed by atoms with E-state index in [1.54, 1.807) is 0 Å². The molecule has 1 amide bonds. The van der Waals surface area contributed by atoms with Crippen LogP contribution >= 0.6 is 0 Å². The van der Waals surface area contributed by atoms with Gasteiger partial charge < -0.3 is 5.32 Å². The van der Waals surface area contributed by atoms with Crippen molar-refractivity contribution in [3.8, 4) is 6.07 Å². The number of nitrogens with zero attached hydrogens (tertiary/aromatic N) is 1. The van der Waals surface area contributed by atoms with E-state index in [4.69, 9.17) is 5.26 Å². The highest BCUT2D eigenvalue weighted by Crippen LogP contribution is 2.66. The minimum atomic E-state index is -4.68. The first-order valence-corrected chi connectivity index (χ1v) is 9.83. The van der Waals surface area contributed by atoms with Crippen LogP contribution in [0.3, 0.4) is 0 Å². The highest BCUT2D eigenvalue weighted by Gasteiger charge is 2.69. The molecule has 1 aromatic rings. The maximum atomic E-state index is 13.0. The lowest BCUT2D eigenvalue weighted by Gasteiger charge is -2.66. The molecule has 27 heavy (non-hydrogen) atoms. The van der Waals surface area contributed by atoms with Crippen LogP contribution in [0.2, 0.25) is 0 Å². The number of anilines is 1. The second-order valence-electron chi connectivity index (χ2n) is 7.61. The Hall–Kier alpha value is -2.28. The van der Waals surface area contributed by atoms with Crippen molar-refractivity contribution in [3.63, 3.8) is 0 Å². The predicted molar refractivity (Wildman–Crippen MR) is 91.2 cm³/mol. The van der Waals surface area contributed by atoms with Gasteiger partial charge >= 0.3 is 6.18 Å².